The zero-order valence-electron chi connectivity index (χ0n) is 7.79. The molecule has 0 heterocycles. The highest BCUT2D eigenvalue weighted by molar-refractivity contribution is 5.72. The van der Waals surface area contributed by atoms with Crippen molar-refractivity contribution < 1.29 is 9.90 Å². The van der Waals surface area contributed by atoms with E-state index in [2.05, 4.69) is 6.92 Å². The molecule has 0 aromatic heterocycles. The zero-order valence-corrected chi connectivity index (χ0v) is 7.79. The highest BCUT2D eigenvalue weighted by Gasteiger charge is 2.15. The first-order valence-electron chi connectivity index (χ1n) is 4.33. The van der Waals surface area contributed by atoms with Gasteiger partial charge < -0.3 is 5.11 Å². The highest BCUT2D eigenvalue weighted by atomic mass is 16.4. The first-order chi connectivity index (χ1) is 5.59. The molecule has 0 aromatic rings. The third kappa shape index (κ3) is 4.31. The number of carboxylic acids is 1. The Bertz CT molecular complexity index is 139. The maximum atomic E-state index is 10.5. The summed E-state index contributed by atoms with van der Waals surface area (Å²) >= 11 is 0. The van der Waals surface area contributed by atoms with E-state index in [1.807, 2.05) is 0 Å². The second kappa shape index (κ2) is 5.97. The molecule has 1 atom stereocenters. The predicted octanol–water partition coefficient (Wildman–Crippen LogP) is 0.825. The maximum absolute atomic E-state index is 10.5. The Hall–Kier alpha value is -0.610. The lowest BCUT2D eigenvalue weighted by Gasteiger charge is -2.19. The van der Waals surface area contributed by atoms with Gasteiger partial charge in [-0.2, -0.15) is 0 Å². The van der Waals surface area contributed by atoms with Gasteiger partial charge in [-0.15, -0.1) is 0 Å². The van der Waals surface area contributed by atoms with Crippen molar-refractivity contribution in [1.29, 1.82) is 0 Å². The minimum Gasteiger partial charge on any atom is -0.480 e. The van der Waals surface area contributed by atoms with E-state index in [1.54, 1.807) is 6.92 Å². The number of rotatable bonds is 6. The van der Waals surface area contributed by atoms with Crippen molar-refractivity contribution >= 4 is 5.97 Å². The van der Waals surface area contributed by atoms with Crippen molar-refractivity contribution in [3.05, 3.63) is 0 Å². The quantitative estimate of drug-likeness (QED) is 0.355. The van der Waals surface area contributed by atoms with Crippen molar-refractivity contribution in [2.75, 3.05) is 6.54 Å². The van der Waals surface area contributed by atoms with Gasteiger partial charge in [0.05, 0.1) is 0 Å². The SMILES string of the molecule is CCCCCN(N)[C@H](C)C(=O)O. The van der Waals surface area contributed by atoms with Gasteiger partial charge in [0.1, 0.15) is 6.04 Å². The maximum Gasteiger partial charge on any atom is 0.322 e. The third-order valence-corrected chi connectivity index (χ3v) is 1.87. The second-order valence-corrected chi connectivity index (χ2v) is 2.96. The van der Waals surface area contributed by atoms with Gasteiger partial charge in [-0.25, -0.2) is 5.01 Å². The monoisotopic (exact) mass is 174 g/mol. The molecule has 0 rings (SSSR count). The van der Waals surface area contributed by atoms with Crippen LogP contribution in [0.25, 0.3) is 0 Å². The van der Waals surface area contributed by atoms with Crippen LogP contribution < -0.4 is 5.84 Å². The Morgan fingerprint density at radius 2 is 2.17 bits per heavy atom. The Labute approximate surface area is 73.3 Å². The molecule has 0 bridgehead atoms. The largest absolute Gasteiger partial charge is 0.480 e. The van der Waals surface area contributed by atoms with Crippen LogP contribution >= 0.6 is 0 Å². The summed E-state index contributed by atoms with van der Waals surface area (Å²) in [5.41, 5.74) is 0. The first-order valence-corrected chi connectivity index (χ1v) is 4.33. The number of nitrogens with zero attached hydrogens (tertiary/aromatic N) is 1. The summed E-state index contributed by atoms with van der Waals surface area (Å²) in [6.45, 7) is 4.34. The molecule has 0 saturated carbocycles. The number of hydrazine groups is 1. The lowest BCUT2D eigenvalue weighted by Crippen LogP contribution is -2.44. The van der Waals surface area contributed by atoms with Crippen LogP contribution in [0.3, 0.4) is 0 Å². The number of carbonyl (C=O) groups is 1. The van der Waals surface area contributed by atoms with Gasteiger partial charge >= 0.3 is 5.97 Å². The zero-order chi connectivity index (χ0) is 9.56. The van der Waals surface area contributed by atoms with Crippen LogP contribution in [0.1, 0.15) is 33.1 Å². The summed E-state index contributed by atoms with van der Waals surface area (Å²) in [5.74, 6) is 4.64. The molecule has 4 nitrogen and oxygen atoms in total. The van der Waals surface area contributed by atoms with Crippen molar-refractivity contribution in [3.63, 3.8) is 0 Å². The molecule has 0 fully saturated rings. The fourth-order valence-corrected chi connectivity index (χ4v) is 0.880. The van der Waals surface area contributed by atoms with Crippen molar-refractivity contribution in [3.8, 4) is 0 Å². The number of carboxylic acid groups (broad SMARTS) is 1. The number of hydrogen-bond donors (Lipinski definition) is 2. The standard InChI is InChI=1S/C8H18N2O2/c1-3-4-5-6-10(9)7(2)8(11)12/h7H,3-6,9H2,1-2H3,(H,11,12)/t7-/m1/s1. The summed E-state index contributed by atoms with van der Waals surface area (Å²) in [6.07, 6.45) is 3.18. The molecule has 3 N–H and O–H groups in total. The van der Waals surface area contributed by atoms with Gasteiger partial charge in [0.2, 0.25) is 0 Å². The van der Waals surface area contributed by atoms with E-state index in [1.165, 1.54) is 5.01 Å². The average Bonchev–Trinajstić information content (AvgIpc) is 2.03. The molecule has 0 aromatic carbocycles. The van der Waals surface area contributed by atoms with Crippen LogP contribution in [0.15, 0.2) is 0 Å². The fraction of sp³-hybridized carbons (Fsp3) is 0.875. The summed E-state index contributed by atoms with van der Waals surface area (Å²) in [5, 5.41) is 9.96. The van der Waals surface area contributed by atoms with Gasteiger partial charge in [0, 0.05) is 6.54 Å². The van der Waals surface area contributed by atoms with E-state index in [-0.39, 0.29) is 0 Å². The Kier molecular flexibility index (Phi) is 5.66. The minimum absolute atomic E-state index is 0.582. The highest BCUT2D eigenvalue weighted by Crippen LogP contribution is 1.98. The number of hydrogen-bond acceptors (Lipinski definition) is 3. The van der Waals surface area contributed by atoms with Crippen LogP contribution in [0.4, 0.5) is 0 Å². The topological polar surface area (TPSA) is 66.6 Å². The van der Waals surface area contributed by atoms with Gasteiger partial charge in [-0.3, -0.25) is 10.6 Å². The molecule has 0 spiro atoms. The van der Waals surface area contributed by atoms with Gasteiger partial charge in [-0.1, -0.05) is 19.8 Å². The molecule has 0 aliphatic heterocycles. The summed E-state index contributed by atoms with van der Waals surface area (Å²) in [4.78, 5) is 10.5. The van der Waals surface area contributed by atoms with Crippen LogP contribution in [-0.4, -0.2) is 28.7 Å². The number of unbranched alkanes of at least 4 members (excludes halogenated alkanes) is 2. The van der Waals surface area contributed by atoms with E-state index < -0.39 is 12.0 Å². The average molecular weight is 174 g/mol. The van der Waals surface area contributed by atoms with E-state index in [0.717, 1.165) is 19.3 Å². The molecule has 0 radical (unpaired) electrons. The molecule has 72 valence electrons. The van der Waals surface area contributed by atoms with Gasteiger partial charge in [0.25, 0.3) is 0 Å². The lowest BCUT2D eigenvalue weighted by molar-refractivity contribution is -0.142. The van der Waals surface area contributed by atoms with Crippen LogP contribution in [0.2, 0.25) is 0 Å². The lowest BCUT2D eigenvalue weighted by atomic mass is 10.2. The Balaban J connectivity index is 3.56. The molecular weight excluding hydrogens is 156 g/mol. The van der Waals surface area contributed by atoms with E-state index in [0.29, 0.717) is 6.54 Å². The Morgan fingerprint density at radius 1 is 1.58 bits per heavy atom. The van der Waals surface area contributed by atoms with Crippen molar-refractivity contribution in [2.45, 2.75) is 39.2 Å². The van der Waals surface area contributed by atoms with E-state index in [9.17, 15) is 4.79 Å². The molecular formula is C8H18N2O2. The second-order valence-electron chi connectivity index (χ2n) is 2.96. The minimum atomic E-state index is -0.867. The fourth-order valence-electron chi connectivity index (χ4n) is 0.880. The smallest absolute Gasteiger partial charge is 0.322 e. The number of nitrogens with two attached hydrogens (primary N) is 1. The van der Waals surface area contributed by atoms with Crippen LogP contribution in [0.5, 0.6) is 0 Å². The van der Waals surface area contributed by atoms with Crippen LogP contribution in [0, 0.1) is 0 Å². The van der Waals surface area contributed by atoms with Crippen molar-refractivity contribution in [1.82, 2.24) is 5.01 Å². The van der Waals surface area contributed by atoms with Crippen LogP contribution in [-0.2, 0) is 4.79 Å². The van der Waals surface area contributed by atoms with Gasteiger partial charge in [0.15, 0.2) is 0 Å². The van der Waals surface area contributed by atoms with E-state index >= 15 is 0 Å². The summed E-state index contributed by atoms with van der Waals surface area (Å²) in [7, 11) is 0. The molecule has 4 heteroatoms. The van der Waals surface area contributed by atoms with Crippen molar-refractivity contribution in [2.24, 2.45) is 5.84 Å². The van der Waals surface area contributed by atoms with E-state index in [4.69, 9.17) is 10.9 Å². The summed E-state index contributed by atoms with van der Waals surface area (Å²) in [6, 6.07) is -0.582. The Morgan fingerprint density at radius 3 is 2.58 bits per heavy atom. The number of aliphatic carboxylic acids is 1. The molecule has 12 heavy (non-hydrogen) atoms. The normalized spacial score (nSPS) is 13.3. The molecule has 0 aliphatic carbocycles. The molecule has 0 aliphatic rings. The first kappa shape index (κ1) is 11.4. The molecule has 0 unspecified atom stereocenters. The summed E-state index contributed by atoms with van der Waals surface area (Å²) < 4.78 is 0. The molecule has 0 saturated heterocycles. The predicted molar refractivity (Wildman–Crippen MR) is 47.5 cm³/mol. The van der Waals surface area contributed by atoms with Gasteiger partial charge in [-0.05, 0) is 13.3 Å². The third-order valence-electron chi connectivity index (χ3n) is 1.87. The molecule has 0 amide bonds.